The van der Waals surface area contributed by atoms with Crippen molar-refractivity contribution in [3.63, 3.8) is 0 Å². The summed E-state index contributed by atoms with van der Waals surface area (Å²) in [6.07, 6.45) is 1.33. The van der Waals surface area contributed by atoms with Crippen LogP contribution >= 0.6 is 0 Å². The molecule has 0 saturated carbocycles. The highest BCUT2D eigenvalue weighted by Crippen LogP contribution is 2.31. The summed E-state index contributed by atoms with van der Waals surface area (Å²) in [6.45, 7) is 14.1. The van der Waals surface area contributed by atoms with Crippen LogP contribution in [0.1, 0.15) is 45.7 Å². The second-order valence-corrected chi connectivity index (χ2v) is 7.07. The summed E-state index contributed by atoms with van der Waals surface area (Å²) in [7, 11) is 0. The third kappa shape index (κ3) is 4.07. The minimum Gasteiger partial charge on any atom is -0.310 e. The van der Waals surface area contributed by atoms with Crippen LogP contribution in [-0.2, 0) is 0 Å². The Labute approximate surface area is 124 Å². The smallest absolute Gasteiger partial charge is 0.0358 e. The number of hydrogen-bond acceptors (Lipinski definition) is 2. The minimum atomic E-state index is 0.463. The Bertz CT molecular complexity index is 399. The predicted octanol–water partition coefficient (Wildman–Crippen LogP) is 3.71. The first-order valence-corrected chi connectivity index (χ1v) is 8.02. The van der Waals surface area contributed by atoms with Gasteiger partial charge in [0.15, 0.2) is 0 Å². The molecule has 1 saturated heterocycles. The fourth-order valence-electron chi connectivity index (χ4n) is 3.42. The molecule has 1 aromatic rings. The first-order valence-electron chi connectivity index (χ1n) is 8.02. The van der Waals surface area contributed by atoms with E-state index in [0.29, 0.717) is 17.4 Å². The third-order valence-corrected chi connectivity index (χ3v) is 4.45. The van der Waals surface area contributed by atoms with E-state index in [4.69, 9.17) is 0 Å². The van der Waals surface area contributed by atoms with Crippen molar-refractivity contribution in [1.82, 2.24) is 10.2 Å². The van der Waals surface area contributed by atoms with Crippen molar-refractivity contribution in [2.24, 2.45) is 11.3 Å². The van der Waals surface area contributed by atoms with Gasteiger partial charge in [0.1, 0.15) is 0 Å². The molecule has 0 aromatic heterocycles. The highest BCUT2D eigenvalue weighted by molar-refractivity contribution is 5.19. The number of nitrogens with zero attached hydrogens (tertiary/aromatic N) is 1. The Kier molecular flexibility index (Phi) is 5.22. The summed E-state index contributed by atoms with van der Waals surface area (Å²) < 4.78 is 0. The SMILES string of the molecule is CCNC(c1ccccc1)C(C)CN1CCC(C)(C)C1. The van der Waals surface area contributed by atoms with Gasteiger partial charge >= 0.3 is 0 Å². The molecular formula is C18H30N2. The highest BCUT2D eigenvalue weighted by Gasteiger charge is 2.31. The van der Waals surface area contributed by atoms with Gasteiger partial charge in [-0.2, -0.15) is 0 Å². The van der Waals surface area contributed by atoms with E-state index in [1.165, 1.54) is 31.6 Å². The average molecular weight is 274 g/mol. The molecule has 2 rings (SSSR count). The van der Waals surface area contributed by atoms with Crippen molar-refractivity contribution < 1.29 is 0 Å². The van der Waals surface area contributed by atoms with E-state index in [2.05, 4.69) is 68.2 Å². The lowest BCUT2D eigenvalue weighted by Crippen LogP contribution is -2.35. The van der Waals surface area contributed by atoms with Crippen LogP contribution < -0.4 is 5.32 Å². The molecule has 1 aromatic carbocycles. The zero-order chi connectivity index (χ0) is 14.6. The van der Waals surface area contributed by atoms with Gasteiger partial charge in [0.2, 0.25) is 0 Å². The first kappa shape index (κ1) is 15.5. The van der Waals surface area contributed by atoms with Crippen molar-refractivity contribution in [1.29, 1.82) is 0 Å². The topological polar surface area (TPSA) is 15.3 Å². The normalized spacial score (nSPS) is 21.8. The first-order chi connectivity index (χ1) is 9.52. The van der Waals surface area contributed by atoms with Gasteiger partial charge in [0.25, 0.3) is 0 Å². The minimum absolute atomic E-state index is 0.463. The fourth-order valence-corrected chi connectivity index (χ4v) is 3.42. The zero-order valence-corrected chi connectivity index (χ0v) is 13.5. The third-order valence-electron chi connectivity index (χ3n) is 4.45. The lowest BCUT2D eigenvalue weighted by Gasteiger charge is -2.29. The molecular weight excluding hydrogens is 244 g/mol. The Morgan fingerprint density at radius 2 is 1.95 bits per heavy atom. The molecule has 0 spiro atoms. The number of rotatable bonds is 6. The Morgan fingerprint density at radius 1 is 1.25 bits per heavy atom. The molecule has 2 atom stereocenters. The molecule has 0 bridgehead atoms. The number of hydrogen-bond donors (Lipinski definition) is 1. The van der Waals surface area contributed by atoms with Gasteiger partial charge in [-0.15, -0.1) is 0 Å². The van der Waals surface area contributed by atoms with E-state index in [9.17, 15) is 0 Å². The molecule has 112 valence electrons. The summed E-state index contributed by atoms with van der Waals surface area (Å²) in [5.41, 5.74) is 1.92. The van der Waals surface area contributed by atoms with Crippen LogP contribution in [0.3, 0.4) is 0 Å². The molecule has 2 heteroatoms. The molecule has 0 aliphatic carbocycles. The van der Waals surface area contributed by atoms with Crippen LogP contribution in [0.15, 0.2) is 30.3 Å². The lowest BCUT2D eigenvalue weighted by molar-refractivity contribution is 0.228. The van der Waals surface area contributed by atoms with Crippen molar-refractivity contribution in [2.45, 2.75) is 40.2 Å². The van der Waals surface area contributed by atoms with Crippen LogP contribution in [0.5, 0.6) is 0 Å². The molecule has 2 unspecified atom stereocenters. The number of benzene rings is 1. The summed E-state index contributed by atoms with van der Waals surface area (Å²) in [6, 6.07) is 11.3. The van der Waals surface area contributed by atoms with Gasteiger partial charge < -0.3 is 10.2 Å². The zero-order valence-electron chi connectivity index (χ0n) is 13.5. The predicted molar refractivity (Wildman–Crippen MR) is 86.9 cm³/mol. The molecule has 2 nitrogen and oxygen atoms in total. The van der Waals surface area contributed by atoms with E-state index in [1.54, 1.807) is 0 Å². The second-order valence-electron chi connectivity index (χ2n) is 7.07. The fraction of sp³-hybridized carbons (Fsp3) is 0.667. The van der Waals surface area contributed by atoms with Gasteiger partial charge in [-0.1, -0.05) is 58.0 Å². The highest BCUT2D eigenvalue weighted by atomic mass is 15.2. The van der Waals surface area contributed by atoms with E-state index in [0.717, 1.165) is 6.54 Å². The summed E-state index contributed by atoms with van der Waals surface area (Å²) >= 11 is 0. The van der Waals surface area contributed by atoms with Crippen molar-refractivity contribution in [3.8, 4) is 0 Å². The molecule has 1 heterocycles. The van der Waals surface area contributed by atoms with Crippen LogP contribution in [0.25, 0.3) is 0 Å². The van der Waals surface area contributed by atoms with Gasteiger partial charge in [0, 0.05) is 19.1 Å². The quantitative estimate of drug-likeness (QED) is 0.851. The number of nitrogens with one attached hydrogen (secondary N) is 1. The summed E-state index contributed by atoms with van der Waals surface area (Å²) in [4.78, 5) is 2.64. The molecule has 0 amide bonds. The molecule has 1 aliphatic rings. The van der Waals surface area contributed by atoms with E-state index in [1.807, 2.05) is 0 Å². The lowest BCUT2D eigenvalue weighted by atomic mass is 9.92. The van der Waals surface area contributed by atoms with Gasteiger partial charge in [-0.25, -0.2) is 0 Å². The van der Waals surface area contributed by atoms with Crippen LogP contribution in [0, 0.1) is 11.3 Å². The second kappa shape index (κ2) is 6.73. The molecule has 1 fully saturated rings. The van der Waals surface area contributed by atoms with Crippen molar-refractivity contribution in [3.05, 3.63) is 35.9 Å². The van der Waals surface area contributed by atoms with Crippen molar-refractivity contribution in [2.75, 3.05) is 26.2 Å². The van der Waals surface area contributed by atoms with E-state index in [-0.39, 0.29) is 0 Å². The van der Waals surface area contributed by atoms with Gasteiger partial charge in [-0.05, 0) is 36.4 Å². The van der Waals surface area contributed by atoms with Crippen molar-refractivity contribution >= 4 is 0 Å². The molecule has 1 N–H and O–H groups in total. The monoisotopic (exact) mass is 274 g/mol. The largest absolute Gasteiger partial charge is 0.310 e. The van der Waals surface area contributed by atoms with E-state index >= 15 is 0 Å². The van der Waals surface area contributed by atoms with E-state index < -0.39 is 0 Å². The molecule has 0 radical (unpaired) electrons. The summed E-state index contributed by atoms with van der Waals surface area (Å²) in [5.74, 6) is 0.631. The molecule has 20 heavy (non-hydrogen) atoms. The standard InChI is InChI=1S/C18H30N2/c1-5-19-17(16-9-7-6-8-10-16)15(2)13-20-12-11-18(3,4)14-20/h6-10,15,17,19H,5,11-14H2,1-4H3. The Morgan fingerprint density at radius 3 is 2.50 bits per heavy atom. The van der Waals surface area contributed by atoms with Crippen LogP contribution in [0.2, 0.25) is 0 Å². The average Bonchev–Trinajstić information content (AvgIpc) is 2.76. The Hall–Kier alpha value is -0.860. The maximum atomic E-state index is 3.67. The van der Waals surface area contributed by atoms with Gasteiger partial charge in [-0.3, -0.25) is 0 Å². The Balaban J connectivity index is 1.99. The maximum absolute atomic E-state index is 3.67. The number of likely N-dealkylation sites (tertiary alicyclic amines) is 1. The van der Waals surface area contributed by atoms with Gasteiger partial charge in [0.05, 0.1) is 0 Å². The maximum Gasteiger partial charge on any atom is 0.0358 e. The molecule has 1 aliphatic heterocycles. The summed E-state index contributed by atoms with van der Waals surface area (Å²) in [5, 5.41) is 3.67. The van der Waals surface area contributed by atoms with Crippen LogP contribution in [-0.4, -0.2) is 31.1 Å². The van der Waals surface area contributed by atoms with Crippen LogP contribution in [0.4, 0.5) is 0 Å².